The van der Waals surface area contributed by atoms with Gasteiger partial charge >= 0.3 is 5.97 Å². The Kier molecular flexibility index (Phi) is 5.77. The minimum atomic E-state index is -0.908. The number of nitrogens with zero attached hydrogens (tertiary/aromatic N) is 1. The summed E-state index contributed by atoms with van der Waals surface area (Å²) in [5.41, 5.74) is 0.894. The minimum absolute atomic E-state index is 0.270. The Balaban J connectivity index is 2.59. The Labute approximate surface area is 110 Å². The summed E-state index contributed by atoms with van der Waals surface area (Å²) in [5, 5.41) is 13.0. The largest absolute Gasteiger partial charge is 0.478 e. The van der Waals surface area contributed by atoms with Gasteiger partial charge in [-0.3, -0.25) is 0 Å². The highest BCUT2D eigenvalue weighted by molar-refractivity contribution is 7.99. The van der Waals surface area contributed by atoms with Crippen molar-refractivity contribution in [1.29, 1.82) is 0 Å². The number of aromatic carboxylic acids is 1. The van der Waals surface area contributed by atoms with Crippen LogP contribution >= 0.6 is 23.3 Å². The molecule has 0 saturated heterocycles. The lowest BCUT2D eigenvalue weighted by Gasteiger charge is -2.13. The van der Waals surface area contributed by atoms with Gasteiger partial charge in [0, 0.05) is 6.04 Å². The van der Waals surface area contributed by atoms with Crippen molar-refractivity contribution in [3.8, 4) is 0 Å². The first-order valence-corrected chi connectivity index (χ1v) is 7.52. The summed E-state index contributed by atoms with van der Waals surface area (Å²) in [6, 6.07) is 0.270. The third-order valence-corrected chi connectivity index (χ3v) is 4.16. The molecule has 1 aromatic rings. The van der Waals surface area contributed by atoms with Crippen LogP contribution in [0.15, 0.2) is 0 Å². The van der Waals surface area contributed by atoms with Gasteiger partial charge in [0.05, 0.1) is 5.69 Å². The van der Waals surface area contributed by atoms with Crippen LogP contribution < -0.4 is 5.32 Å². The van der Waals surface area contributed by atoms with Crippen LogP contribution in [0.2, 0.25) is 0 Å². The number of nitrogens with one attached hydrogen (secondary N) is 1. The Bertz CT molecular complexity index is 380. The van der Waals surface area contributed by atoms with Crippen LogP contribution in [0, 0.1) is 6.92 Å². The van der Waals surface area contributed by atoms with E-state index in [4.69, 9.17) is 5.11 Å². The predicted octanol–water partition coefficient (Wildman–Crippen LogP) is 3.09. The molecule has 0 aliphatic rings. The second-order valence-corrected chi connectivity index (χ2v) is 5.98. The van der Waals surface area contributed by atoms with Gasteiger partial charge < -0.3 is 10.4 Å². The van der Waals surface area contributed by atoms with Crippen molar-refractivity contribution in [2.45, 2.75) is 33.2 Å². The van der Waals surface area contributed by atoms with E-state index in [1.807, 2.05) is 11.8 Å². The molecule has 6 heteroatoms. The lowest BCUT2D eigenvalue weighted by molar-refractivity contribution is 0.0697. The molecule has 0 aliphatic carbocycles. The predicted molar refractivity (Wildman–Crippen MR) is 74.5 cm³/mol. The molecule has 2 N–H and O–H groups in total. The maximum absolute atomic E-state index is 11.1. The van der Waals surface area contributed by atoms with Crippen molar-refractivity contribution >= 4 is 34.3 Å². The van der Waals surface area contributed by atoms with Crippen molar-refractivity contribution in [2.75, 3.05) is 16.8 Å². The fourth-order valence-corrected chi connectivity index (χ4v) is 3.13. The monoisotopic (exact) mass is 274 g/mol. The van der Waals surface area contributed by atoms with Gasteiger partial charge in [-0.1, -0.05) is 6.92 Å². The Morgan fingerprint density at radius 1 is 1.65 bits per heavy atom. The number of anilines is 1. The van der Waals surface area contributed by atoms with E-state index in [1.165, 1.54) is 11.5 Å². The van der Waals surface area contributed by atoms with Gasteiger partial charge in [0.25, 0.3) is 0 Å². The molecule has 0 saturated carbocycles. The number of hydrogen-bond donors (Lipinski definition) is 2. The van der Waals surface area contributed by atoms with Crippen molar-refractivity contribution in [2.24, 2.45) is 0 Å². The summed E-state index contributed by atoms with van der Waals surface area (Å²) in [4.78, 5) is 11.1. The first kappa shape index (κ1) is 14.3. The molecule has 1 unspecified atom stereocenters. The molecule has 1 atom stereocenters. The Morgan fingerprint density at radius 3 is 2.94 bits per heavy atom. The highest BCUT2D eigenvalue weighted by Crippen LogP contribution is 2.25. The lowest BCUT2D eigenvalue weighted by atomic mass is 10.2. The number of carbonyl (C=O) groups is 1. The van der Waals surface area contributed by atoms with E-state index in [2.05, 4.69) is 23.5 Å². The van der Waals surface area contributed by atoms with Crippen molar-refractivity contribution in [3.63, 3.8) is 0 Å². The van der Waals surface area contributed by atoms with E-state index in [9.17, 15) is 4.79 Å². The Hall–Kier alpha value is -0.750. The van der Waals surface area contributed by atoms with E-state index >= 15 is 0 Å². The SMILES string of the molecule is CCSCCC(C)Nc1snc(C)c1C(=O)O. The zero-order chi connectivity index (χ0) is 12.8. The maximum Gasteiger partial charge on any atom is 0.340 e. The average molecular weight is 274 g/mol. The zero-order valence-electron chi connectivity index (χ0n) is 10.3. The molecule has 0 bridgehead atoms. The normalized spacial score (nSPS) is 12.4. The highest BCUT2D eigenvalue weighted by atomic mass is 32.2. The number of hydrogen-bond acceptors (Lipinski definition) is 5. The topological polar surface area (TPSA) is 62.2 Å². The Morgan fingerprint density at radius 2 is 2.35 bits per heavy atom. The van der Waals surface area contributed by atoms with E-state index in [0.29, 0.717) is 16.3 Å². The van der Waals surface area contributed by atoms with Gasteiger partial charge in [-0.25, -0.2) is 4.79 Å². The molecule has 1 heterocycles. The van der Waals surface area contributed by atoms with E-state index in [1.54, 1.807) is 6.92 Å². The maximum atomic E-state index is 11.1. The zero-order valence-corrected chi connectivity index (χ0v) is 12.0. The third kappa shape index (κ3) is 4.20. The molecule has 96 valence electrons. The molecule has 4 nitrogen and oxygen atoms in total. The molecular formula is C11H18N2O2S2. The molecule has 0 spiro atoms. The number of carboxylic acids is 1. The molecule has 0 amide bonds. The van der Waals surface area contributed by atoms with Crippen molar-refractivity contribution in [1.82, 2.24) is 4.37 Å². The van der Waals surface area contributed by atoms with Gasteiger partial charge in [-0.15, -0.1) is 0 Å². The summed E-state index contributed by atoms with van der Waals surface area (Å²) >= 11 is 3.12. The number of rotatable bonds is 7. The number of aryl methyl sites for hydroxylation is 1. The van der Waals surface area contributed by atoms with E-state index < -0.39 is 5.97 Å². The summed E-state index contributed by atoms with van der Waals surface area (Å²) in [6.07, 6.45) is 1.02. The second kappa shape index (κ2) is 6.86. The molecule has 1 aromatic heterocycles. The highest BCUT2D eigenvalue weighted by Gasteiger charge is 2.18. The van der Waals surface area contributed by atoms with E-state index in [-0.39, 0.29) is 6.04 Å². The van der Waals surface area contributed by atoms with E-state index in [0.717, 1.165) is 17.9 Å². The lowest BCUT2D eigenvalue weighted by Crippen LogP contribution is -2.17. The summed E-state index contributed by atoms with van der Waals surface area (Å²) < 4.78 is 4.08. The van der Waals surface area contributed by atoms with Crippen LogP contribution in [0.1, 0.15) is 36.3 Å². The summed E-state index contributed by atoms with van der Waals surface area (Å²) in [5.74, 6) is 1.30. The first-order chi connectivity index (χ1) is 8.06. The second-order valence-electron chi connectivity index (χ2n) is 3.81. The van der Waals surface area contributed by atoms with Crippen LogP contribution in [0.4, 0.5) is 5.00 Å². The number of carboxylic acid groups (broad SMARTS) is 1. The third-order valence-electron chi connectivity index (χ3n) is 2.35. The molecule has 0 radical (unpaired) electrons. The summed E-state index contributed by atoms with van der Waals surface area (Å²) in [7, 11) is 0. The quantitative estimate of drug-likeness (QED) is 0.748. The average Bonchev–Trinajstić information content (AvgIpc) is 2.60. The molecule has 0 aliphatic heterocycles. The molecule has 0 aromatic carbocycles. The van der Waals surface area contributed by atoms with Gasteiger partial charge in [0.1, 0.15) is 10.6 Å². The molecular weight excluding hydrogens is 256 g/mol. The van der Waals surface area contributed by atoms with Gasteiger partial charge in [-0.05, 0) is 43.3 Å². The fraction of sp³-hybridized carbons (Fsp3) is 0.636. The fourth-order valence-electron chi connectivity index (χ4n) is 1.42. The van der Waals surface area contributed by atoms with Crippen molar-refractivity contribution in [3.05, 3.63) is 11.3 Å². The first-order valence-electron chi connectivity index (χ1n) is 5.60. The standard InChI is InChI=1S/C11H18N2O2S2/c1-4-16-6-5-7(2)12-10-9(11(14)15)8(3)13-17-10/h7,12H,4-6H2,1-3H3,(H,14,15). The van der Waals surface area contributed by atoms with Crippen LogP contribution in [-0.4, -0.2) is 33.0 Å². The van der Waals surface area contributed by atoms with Gasteiger partial charge in [0.15, 0.2) is 0 Å². The minimum Gasteiger partial charge on any atom is -0.478 e. The van der Waals surface area contributed by atoms with Crippen LogP contribution in [-0.2, 0) is 0 Å². The van der Waals surface area contributed by atoms with Crippen LogP contribution in [0.3, 0.4) is 0 Å². The summed E-state index contributed by atoms with van der Waals surface area (Å²) in [6.45, 7) is 5.93. The number of aromatic nitrogens is 1. The number of thioether (sulfide) groups is 1. The smallest absolute Gasteiger partial charge is 0.340 e. The molecule has 1 rings (SSSR count). The molecule has 0 fully saturated rings. The van der Waals surface area contributed by atoms with Gasteiger partial charge in [-0.2, -0.15) is 16.1 Å². The molecule has 17 heavy (non-hydrogen) atoms. The van der Waals surface area contributed by atoms with Crippen LogP contribution in [0.5, 0.6) is 0 Å². The van der Waals surface area contributed by atoms with Crippen LogP contribution in [0.25, 0.3) is 0 Å². The van der Waals surface area contributed by atoms with Crippen molar-refractivity contribution < 1.29 is 9.90 Å². The van der Waals surface area contributed by atoms with Gasteiger partial charge in [0.2, 0.25) is 0 Å².